The standard InChI is InChI=1S/C15H14N4/c16-10-14-15(18-9-8-17-14)19-13-7-3-5-11-4-1-2-6-12(11)13/h1-2,4,6,8-9,13H,3,5,7H2,(H,18,19). The van der Waals surface area contributed by atoms with E-state index in [4.69, 9.17) is 5.26 Å². The predicted octanol–water partition coefficient (Wildman–Crippen LogP) is 2.84. The van der Waals surface area contributed by atoms with Crippen molar-refractivity contribution >= 4 is 5.82 Å². The highest BCUT2D eigenvalue weighted by Gasteiger charge is 2.20. The summed E-state index contributed by atoms with van der Waals surface area (Å²) in [7, 11) is 0. The molecule has 1 aromatic carbocycles. The Kier molecular flexibility index (Phi) is 3.11. The average molecular weight is 250 g/mol. The number of nitrogens with one attached hydrogen (secondary N) is 1. The number of fused-ring (bicyclic) bond motifs is 1. The molecule has 0 bridgehead atoms. The van der Waals surface area contributed by atoms with Crippen molar-refractivity contribution in [2.24, 2.45) is 0 Å². The zero-order valence-electron chi connectivity index (χ0n) is 10.5. The summed E-state index contributed by atoms with van der Waals surface area (Å²) in [6, 6.07) is 10.7. The van der Waals surface area contributed by atoms with Crippen LogP contribution in [0, 0.1) is 11.3 Å². The number of hydrogen-bond acceptors (Lipinski definition) is 4. The van der Waals surface area contributed by atoms with Crippen LogP contribution in [0.25, 0.3) is 0 Å². The van der Waals surface area contributed by atoms with Crippen LogP contribution < -0.4 is 5.32 Å². The van der Waals surface area contributed by atoms with E-state index in [1.807, 2.05) is 0 Å². The molecule has 4 heteroatoms. The Morgan fingerprint density at radius 1 is 1.21 bits per heavy atom. The summed E-state index contributed by atoms with van der Waals surface area (Å²) < 4.78 is 0. The highest BCUT2D eigenvalue weighted by molar-refractivity contribution is 5.49. The molecule has 19 heavy (non-hydrogen) atoms. The minimum absolute atomic E-state index is 0.216. The summed E-state index contributed by atoms with van der Waals surface area (Å²) in [4.78, 5) is 8.25. The lowest BCUT2D eigenvalue weighted by Crippen LogP contribution is -2.18. The Labute approximate surface area is 112 Å². The number of benzene rings is 1. The molecule has 2 aromatic rings. The lowest BCUT2D eigenvalue weighted by molar-refractivity contribution is 0.598. The summed E-state index contributed by atoms with van der Waals surface area (Å²) in [5.41, 5.74) is 3.04. The fraction of sp³-hybridized carbons (Fsp3) is 0.267. The van der Waals surface area contributed by atoms with Crippen molar-refractivity contribution in [3.05, 3.63) is 53.5 Å². The minimum Gasteiger partial charge on any atom is -0.361 e. The van der Waals surface area contributed by atoms with E-state index in [0.29, 0.717) is 11.5 Å². The van der Waals surface area contributed by atoms with Gasteiger partial charge in [0.1, 0.15) is 6.07 Å². The maximum absolute atomic E-state index is 9.05. The molecule has 0 fully saturated rings. The molecule has 0 amide bonds. The minimum atomic E-state index is 0.216. The molecule has 94 valence electrons. The third-order valence-electron chi connectivity index (χ3n) is 3.48. The van der Waals surface area contributed by atoms with Gasteiger partial charge in [-0.2, -0.15) is 5.26 Å². The van der Waals surface area contributed by atoms with E-state index in [2.05, 4.69) is 45.6 Å². The smallest absolute Gasteiger partial charge is 0.182 e. The zero-order valence-corrected chi connectivity index (χ0v) is 10.5. The van der Waals surface area contributed by atoms with Crippen LogP contribution in [0.4, 0.5) is 5.82 Å². The van der Waals surface area contributed by atoms with Crippen molar-refractivity contribution in [3.8, 4) is 6.07 Å². The molecule has 1 unspecified atom stereocenters. The second-order valence-electron chi connectivity index (χ2n) is 4.65. The highest BCUT2D eigenvalue weighted by Crippen LogP contribution is 2.32. The van der Waals surface area contributed by atoms with Crippen LogP contribution in [-0.2, 0) is 6.42 Å². The van der Waals surface area contributed by atoms with Gasteiger partial charge in [0.15, 0.2) is 11.5 Å². The van der Waals surface area contributed by atoms with Gasteiger partial charge in [-0.3, -0.25) is 0 Å². The van der Waals surface area contributed by atoms with E-state index in [9.17, 15) is 0 Å². The summed E-state index contributed by atoms with van der Waals surface area (Å²) >= 11 is 0. The maximum Gasteiger partial charge on any atom is 0.182 e. The Morgan fingerprint density at radius 3 is 2.95 bits per heavy atom. The van der Waals surface area contributed by atoms with Crippen LogP contribution >= 0.6 is 0 Å². The number of aryl methyl sites for hydroxylation is 1. The number of anilines is 1. The van der Waals surface area contributed by atoms with Gasteiger partial charge >= 0.3 is 0 Å². The summed E-state index contributed by atoms with van der Waals surface area (Å²) in [6.45, 7) is 0. The molecule has 1 N–H and O–H groups in total. The second-order valence-corrected chi connectivity index (χ2v) is 4.65. The van der Waals surface area contributed by atoms with Gasteiger partial charge < -0.3 is 5.32 Å². The number of rotatable bonds is 2. The molecule has 0 radical (unpaired) electrons. The van der Waals surface area contributed by atoms with E-state index < -0.39 is 0 Å². The van der Waals surface area contributed by atoms with Crippen LogP contribution in [0.15, 0.2) is 36.7 Å². The lowest BCUT2D eigenvalue weighted by atomic mass is 9.88. The van der Waals surface area contributed by atoms with Crippen molar-refractivity contribution in [2.45, 2.75) is 25.3 Å². The predicted molar refractivity (Wildman–Crippen MR) is 72.5 cm³/mol. The van der Waals surface area contributed by atoms with E-state index in [-0.39, 0.29) is 6.04 Å². The van der Waals surface area contributed by atoms with E-state index >= 15 is 0 Å². The first kappa shape index (κ1) is 11.7. The Balaban J connectivity index is 1.91. The molecule has 0 saturated heterocycles. The van der Waals surface area contributed by atoms with Gasteiger partial charge in [-0.05, 0) is 30.4 Å². The van der Waals surface area contributed by atoms with Gasteiger partial charge in [-0.1, -0.05) is 24.3 Å². The molecule has 1 aliphatic carbocycles. The van der Waals surface area contributed by atoms with Crippen molar-refractivity contribution in [2.75, 3.05) is 5.32 Å². The first-order valence-electron chi connectivity index (χ1n) is 6.44. The van der Waals surface area contributed by atoms with Gasteiger partial charge in [-0.25, -0.2) is 9.97 Å². The molecule has 4 nitrogen and oxygen atoms in total. The van der Waals surface area contributed by atoms with Crippen molar-refractivity contribution in [1.82, 2.24) is 9.97 Å². The molecule has 1 aliphatic rings. The van der Waals surface area contributed by atoms with Gasteiger partial charge in [0.05, 0.1) is 6.04 Å². The highest BCUT2D eigenvalue weighted by atomic mass is 15.0. The van der Waals surface area contributed by atoms with E-state index in [1.54, 1.807) is 12.4 Å². The Bertz CT molecular complexity index is 630. The number of hydrogen-bond donors (Lipinski definition) is 1. The summed E-state index contributed by atoms with van der Waals surface area (Å²) in [5, 5.41) is 12.4. The van der Waals surface area contributed by atoms with E-state index in [1.165, 1.54) is 11.1 Å². The Morgan fingerprint density at radius 2 is 2.05 bits per heavy atom. The molecular weight excluding hydrogens is 236 g/mol. The molecule has 1 aromatic heterocycles. The third kappa shape index (κ3) is 2.27. The molecule has 3 rings (SSSR count). The number of aromatic nitrogens is 2. The molecule has 0 aliphatic heterocycles. The SMILES string of the molecule is N#Cc1nccnc1NC1CCCc2ccccc21. The normalized spacial score (nSPS) is 17.3. The molecule has 1 heterocycles. The van der Waals surface area contributed by atoms with Crippen LogP contribution in [0.2, 0.25) is 0 Å². The van der Waals surface area contributed by atoms with Crippen molar-refractivity contribution in [3.63, 3.8) is 0 Å². The second kappa shape index (κ2) is 5.07. The first-order chi connectivity index (χ1) is 9.38. The molecule has 0 saturated carbocycles. The van der Waals surface area contributed by atoms with Gasteiger partial charge in [-0.15, -0.1) is 0 Å². The lowest BCUT2D eigenvalue weighted by Gasteiger charge is -2.26. The third-order valence-corrected chi connectivity index (χ3v) is 3.48. The monoisotopic (exact) mass is 250 g/mol. The van der Waals surface area contributed by atoms with Crippen molar-refractivity contribution in [1.29, 1.82) is 5.26 Å². The molecular formula is C15H14N4. The van der Waals surface area contributed by atoms with Crippen LogP contribution in [0.3, 0.4) is 0 Å². The van der Waals surface area contributed by atoms with E-state index in [0.717, 1.165) is 19.3 Å². The number of nitriles is 1. The fourth-order valence-electron chi connectivity index (χ4n) is 2.59. The largest absolute Gasteiger partial charge is 0.361 e. The summed E-state index contributed by atoms with van der Waals surface area (Å²) in [6.07, 6.45) is 6.48. The average Bonchev–Trinajstić information content (AvgIpc) is 2.48. The maximum atomic E-state index is 9.05. The van der Waals surface area contributed by atoms with Crippen LogP contribution in [-0.4, -0.2) is 9.97 Å². The Hall–Kier alpha value is -2.41. The molecule has 0 spiro atoms. The fourth-order valence-corrected chi connectivity index (χ4v) is 2.59. The van der Waals surface area contributed by atoms with Gasteiger partial charge in [0.25, 0.3) is 0 Å². The molecule has 1 atom stereocenters. The first-order valence-corrected chi connectivity index (χ1v) is 6.44. The van der Waals surface area contributed by atoms with Crippen LogP contribution in [0.1, 0.15) is 35.7 Å². The number of nitrogens with zero attached hydrogens (tertiary/aromatic N) is 3. The van der Waals surface area contributed by atoms with Gasteiger partial charge in [0, 0.05) is 12.4 Å². The topological polar surface area (TPSA) is 61.6 Å². The quantitative estimate of drug-likeness (QED) is 0.890. The van der Waals surface area contributed by atoms with Gasteiger partial charge in [0.2, 0.25) is 0 Å². The summed E-state index contributed by atoms with van der Waals surface area (Å²) in [5.74, 6) is 0.576. The zero-order chi connectivity index (χ0) is 13.1. The van der Waals surface area contributed by atoms with Crippen molar-refractivity contribution < 1.29 is 0 Å². The van der Waals surface area contributed by atoms with Crippen LogP contribution in [0.5, 0.6) is 0 Å².